The Morgan fingerprint density at radius 3 is 3.00 bits per heavy atom. The van der Waals surface area contributed by atoms with Crippen molar-refractivity contribution in [3.8, 4) is 0 Å². The molecule has 0 saturated carbocycles. The molecule has 5 nitrogen and oxygen atoms in total. The van der Waals surface area contributed by atoms with Crippen LogP contribution in [0.2, 0.25) is 0 Å². The van der Waals surface area contributed by atoms with E-state index in [2.05, 4.69) is 10.3 Å². The maximum atomic E-state index is 11.3. The predicted molar refractivity (Wildman–Crippen MR) is 60.7 cm³/mol. The van der Waals surface area contributed by atoms with Gasteiger partial charge in [0, 0.05) is 19.3 Å². The fourth-order valence-corrected chi connectivity index (χ4v) is 1.32. The Balaban J connectivity index is 2.30. The third-order valence-corrected chi connectivity index (χ3v) is 2.01. The lowest BCUT2D eigenvalue weighted by Gasteiger charge is -2.15. The van der Waals surface area contributed by atoms with Crippen molar-refractivity contribution < 1.29 is 9.90 Å². The first-order chi connectivity index (χ1) is 7.72. The first-order valence-corrected chi connectivity index (χ1v) is 5.18. The van der Waals surface area contributed by atoms with E-state index in [1.807, 2.05) is 30.1 Å². The van der Waals surface area contributed by atoms with Crippen molar-refractivity contribution in [2.24, 2.45) is 0 Å². The Morgan fingerprint density at radius 1 is 1.56 bits per heavy atom. The van der Waals surface area contributed by atoms with Crippen LogP contribution in [0.3, 0.4) is 0 Å². The third-order valence-electron chi connectivity index (χ3n) is 2.01. The largest absolute Gasteiger partial charge is 0.395 e. The number of aromatic nitrogens is 1. The first kappa shape index (κ1) is 12.6. The lowest BCUT2D eigenvalue weighted by Crippen LogP contribution is -2.36. The van der Waals surface area contributed by atoms with E-state index in [4.69, 9.17) is 5.11 Å². The minimum absolute atomic E-state index is 0.0320. The van der Waals surface area contributed by atoms with Crippen LogP contribution in [0.4, 0.5) is 0 Å². The van der Waals surface area contributed by atoms with Gasteiger partial charge in [0.2, 0.25) is 5.91 Å². The molecule has 1 heterocycles. The van der Waals surface area contributed by atoms with Crippen LogP contribution in [-0.4, -0.2) is 47.6 Å². The molecule has 0 bridgehead atoms. The van der Waals surface area contributed by atoms with Gasteiger partial charge in [0.25, 0.3) is 0 Å². The van der Waals surface area contributed by atoms with E-state index in [0.29, 0.717) is 19.6 Å². The molecule has 5 heteroatoms. The van der Waals surface area contributed by atoms with E-state index >= 15 is 0 Å². The molecule has 0 spiro atoms. The average Bonchev–Trinajstić information content (AvgIpc) is 2.27. The van der Waals surface area contributed by atoms with Gasteiger partial charge < -0.3 is 10.4 Å². The smallest absolute Gasteiger partial charge is 0.234 e. The lowest BCUT2D eigenvalue weighted by molar-refractivity contribution is -0.122. The summed E-state index contributed by atoms with van der Waals surface area (Å²) >= 11 is 0. The molecule has 0 aliphatic rings. The highest BCUT2D eigenvalue weighted by Gasteiger charge is 2.06. The highest BCUT2D eigenvalue weighted by Crippen LogP contribution is 1.97. The number of hydrogen-bond donors (Lipinski definition) is 2. The summed E-state index contributed by atoms with van der Waals surface area (Å²) < 4.78 is 0. The molecule has 2 N–H and O–H groups in total. The van der Waals surface area contributed by atoms with Crippen LogP contribution in [0, 0.1) is 0 Å². The molecule has 0 saturated heterocycles. The summed E-state index contributed by atoms with van der Waals surface area (Å²) in [5, 5.41) is 11.1. The van der Waals surface area contributed by atoms with Gasteiger partial charge in [-0.15, -0.1) is 0 Å². The minimum atomic E-state index is -0.0903. The summed E-state index contributed by atoms with van der Waals surface area (Å²) in [5.41, 5.74) is 0.931. The maximum absolute atomic E-state index is 11.3. The van der Waals surface area contributed by atoms with Crippen molar-refractivity contribution >= 4 is 5.91 Å². The van der Waals surface area contributed by atoms with Crippen LogP contribution in [-0.2, 0) is 11.3 Å². The molecule has 0 radical (unpaired) electrons. The standard InChI is InChI=1S/C11H17N3O2/c1-14(9-11(16)13-6-7-15)8-10-4-2-3-5-12-10/h2-5,15H,6-9H2,1H3,(H,13,16). The monoisotopic (exact) mass is 223 g/mol. The van der Waals surface area contributed by atoms with Crippen LogP contribution >= 0.6 is 0 Å². The normalized spacial score (nSPS) is 10.4. The number of aliphatic hydroxyl groups is 1. The van der Waals surface area contributed by atoms with Gasteiger partial charge in [-0.05, 0) is 19.2 Å². The van der Waals surface area contributed by atoms with Crippen molar-refractivity contribution in [2.75, 3.05) is 26.7 Å². The number of carbonyl (C=O) groups is 1. The number of rotatable bonds is 6. The molecule has 0 aliphatic heterocycles. The Labute approximate surface area is 95.1 Å². The highest BCUT2D eigenvalue weighted by molar-refractivity contribution is 5.77. The molecule has 0 aromatic carbocycles. The zero-order valence-electron chi connectivity index (χ0n) is 9.39. The van der Waals surface area contributed by atoms with E-state index in [1.54, 1.807) is 6.20 Å². The second kappa shape index (κ2) is 6.92. The molecule has 1 amide bonds. The molecule has 1 aromatic rings. The van der Waals surface area contributed by atoms with Gasteiger partial charge in [0.15, 0.2) is 0 Å². The van der Waals surface area contributed by atoms with Gasteiger partial charge in [-0.2, -0.15) is 0 Å². The Kier molecular flexibility index (Phi) is 5.45. The van der Waals surface area contributed by atoms with Crippen molar-refractivity contribution in [1.82, 2.24) is 15.2 Å². The molecule has 16 heavy (non-hydrogen) atoms. The molecule has 0 aliphatic carbocycles. The van der Waals surface area contributed by atoms with Gasteiger partial charge in [0.1, 0.15) is 0 Å². The average molecular weight is 223 g/mol. The second-order valence-electron chi connectivity index (χ2n) is 3.57. The summed E-state index contributed by atoms with van der Waals surface area (Å²) in [6.07, 6.45) is 1.73. The SMILES string of the molecule is CN(CC(=O)NCCO)Cc1ccccn1. The van der Waals surface area contributed by atoms with Crippen LogP contribution in [0.15, 0.2) is 24.4 Å². The van der Waals surface area contributed by atoms with Crippen LogP contribution in [0.1, 0.15) is 5.69 Å². The Bertz CT molecular complexity index is 316. The highest BCUT2D eigenvalue weighted by atomic mass is 16.3. The molecule has 0 unspecified atom stereocenters. The number of nitrogens with zero attached hydrogens (tertiary/aromatic N) is 2. The number of likely N-dealkylation sites (N-methyl/N-ethyl adjacent to an activating group) is 1. The second-order valence-corrected chi connectivity index (χ2v) is 3.57. The number of nitrogens with one attached hydrogen (secondary N) is 1. The van der Waals surface area contributed by atoms with Crippen LogP contribution in [0.25, 0.3) is 0 Å². The van der Waals surface area contributed by atoms with Crippen molar-refractivity contribution in [1.29, 1.82) is 0 Å². The van der Waals surface area contributed by atoms with Gasteiger partial charge in [-0.1, -0.05) is 6.07 Å². The molecule has 0 fully saturated rings. The number of aliphatic hydroxyl groups excluding tert-OH is 1. The molecule has 88 valence electrons. The van der Waals surface area contributed by atoms with E-state index in [0.717, 1.165) is 5.69 Å². The van der Waals surface area contributed by atoms with Crippen LogP contribution < -0.4 is 5.32 Å². The molecular formula is C11H17N3O2. The van der Waals surface area contributed by atoms with E-state index in [1.165, 1.54) is 0 Å². The molecule has 0 atom stereocenters. The minimum Gasteiger partial charge on any atom is -0.395 e. The van der Waals surface area contributed by atoms with Crippen molar-refractivity contribution in [3.63, 3.8) is 0 Å². The predicted octanol–water partition coefficient (Wildman–Crippen LogP) is -0.378. The Morgan fingerprint density at radius 2 is 2.38 bits per heavy atom. The summed E-state index contributed by atoms with van der Waals surface area (Å²) in [4.78, 5) is 17.4. The maximum Gasteiger partial charge on any atom is 0.234 e. The summed E-state index contributed by atoms with van der Waals surface area (Å²) in [6.45, 7) is 1.20. The number of pyridine rings is 1. The molecule has 1 rings (SSSR count). The zero-order chi connectivity index (χ0) is 11.8. The fourth-order valence-electron chi connectivity index (χ4n) is 1.32. The van der Waals surface area contributed by atoms with E-state index < -0.39 is 0 Å². The topological polar surface area (TPSA) is 65.5 Å². The zero-order valence-corrected chi connectivity index (χ0v) is 9.39. The summed E-state index contributed by atoms with van der Waals surface area (Å²) in [6, 6.07) is 5.70. The third kappa shape index (κ3) is 4.86. The number of amides is 1. The van der Waals surface area contributed by atoms with Gasteiger partial charge in [0.05, 0.1) is 18.8 Å². The van der Waals surface area contributed by atoms with Crippen molar-refractivity contribution in [3.05, 3.63) is 30.1 Å². The molecule has 1 aromatic heterocycles. The quantitative estimate of drug-likeness (QED) is 0.690. The first-order valence-electron chi connectivity index (χ1n) is 5.18. The van der Waals surface area contributed by atoms with E-state index in [9.17, 15) is 4.79 Å². The van der Waals surface area contributed by atoms with Gasteiger partial charge >= 0.3 is 0 Å². The van der Waals surface area contributed by atoms with Crippen LogP contribution in [0.5, 0.6) is 0 Å². The fraction of sp³-hybridized carbons (Fsp3) is 0.455. The van der Waals surface area contributed by atoms with Gasteiger partial charge in [-0.3, -0.25) is 14.7 Å². The number of hydrogen-bond acceptors (Lipinski definition) is 4. The summed E-state index contributed by atoms with van der Waals surface area (Å²) in [5.74, 6) is -0.0903. The molecular weight excluding hydrogens is 206 g/mol. The van der Waals surface area contributed by atoms with Crippen molar-refractivity contribution in [2.45, 2.75) is 6.54 Å². The lowest BCUT2D eigenvalue weighted by atomic mass is 10.3. The summed E-state index contributed by atoms with van der Waals surface area (Å²) in [7, 11) is 1.85. The van der Waals surface area contributed by atoms with E-state index in [-0.39, 0.29) is 12.5 Å². The Hall–Kier alpha value is -1.46. The number of carbonyl (C=O) groups excluding carboxylic acids is 1. The van der Waals surface area contributed by atoms with Gasteiger partial charge in [-0.25, -0.2) is 0 Å².